The average Bonchev–Trinajstić information content (AvgIpc) is 3.47. The number of nitrogen functional groups attached to an aromatic ring is 1. The number of pyridine rings is 1. The predicted molar refractivity (Wildman–Crippen MR) is 135 cm³/mol. The van der Waals surface area contributed by atoms with Crippen molar-refractivity contribution in [2.45, 2.75) is 24.1 Å². The molecule has 10 nitrogen and oxygen atoms in total. The smallest absolute Gasteiger partial charge is 0.295 e. The maximum Gasteiger partial charge on any atom is 0.295 e. The SMILES string of the molecule is Cc1c(NC(=O)C(C)Sc2nc(N)c(C#N)c(-c3ccco3)c2C#N)c(=O)n(-c2ccccc2)n1C. The van der Waals surface area contributed by atoms with Gasteiger partial charge in [-0.25, -0.2) is 9.67 Å². The van der Waals surface area contributed by atoms with E-state index in [4.69, 9.17) is 10.2 Å². The van der Waals surface area contributed by atoms with Crippen LogP contribution < -0.4 is 16.6 Å². The van der Waals surface area contributed by atoms with Gasteiger partial charge in [-0.2, -0.15) is 10.5 Å². The van der Waals surface area contributed by atoms with Crippen molar-refractivity contribution >= 4 is 29.2 Å². The van der Waals surface area contributed by atoms with E-state index in [1.54, 1.807) is 49.8 Å². The summed E-state index contributed by atoms with van der Waals surface area (Å²) < 4.78 is 8.54. The van der Waals surface area contributed by atoms with Crippen molar-refractivity contribution in [3.05, 3.63) is 75.9 Å². The van der Waals surface area contributed by atoms with Crippen LogP contribution in [0.5, 0.6) is 0 Å². The Morgan fingerprint density at radius 3 is 2.47 bits per heavy atom. The molecule has 11 heteroatoms. The van der Waals surface area contributed by atoms with Crippen molar-refractivity contribution < 1.29 is 9.21 Å². The lowest BCUT2D eigenvalue weighted by Gasteiger charge is -2.14. The fourth-order valence-corrected chi connectivity index (χ4v) is 4.63. The van der Waals surface area contributed by atoms with E-state index < -0.39 is 11.2 Å². The van der Waals surface area contributed by atoms with Crippen molar-refractivity contribution in [1.29, 1.82) is 10.5 Å². The number of hydrogen-bond donors (Lipinski definition) is 2. The molecule has 0 fully saturated rings. The van der Waals surface area contributed by atoms with E-state index >= 15 is 0 Å². The Bertz CT molecular complexity index is 1590. The minimum absolute atomic E-state index is 0.0179. The van der Waals surface area contributed by atoms with Gasteiger partial charge in [0.25, 0.3) is 5.56 Å². The summed E-state index contributed by atoms with van der Waals surface area (Å²) in [4.78, 5) is 30.4. The van der Waals surface area contributed by atoms with Crippen molar-refractivity contribution in [2.24, 2.45) is 7.05 Å². The van der Waals surface area contributed by atoms with Crippen LogP contribution in [0.15, 0.2) is 63.0 Å². The second-order valence-corrected chi connectivity index (χ2v) is 9.14. The molecule has 3 aromatic heterocycles. The summed E-state index contributed by atoms with van der Waals surface area (Å²) in [6.07, 6.45) is 1.42. The Morgan fingerprint density at radius 1 is 1.17 bits per heavy atom. The molecule has 1 unspecified atom stereocenters. The molecule has 4 rings (SSSR count). The molecule has 0 radical (unpaired) electrons. The van der Waals surface area contributed by atoms with Crippen LogP contribution in [-0.4, -0.2) is 25.5 Å². The number of aromatic nitrogens is 3. The predicted octanol–water partition coefficient (Wildman–Crippen LogP) is 3.58. The number of carbonyl (C=O) groups is 1. The maximum atomic E-state index is 13.1. The first-order valence-electron chi connectivity index (χ1n) is 10.8. The zero-order chi connectivity index (χ0) is 26.0. The summed E-state index contributed by atoms with van der Waals surface area (Å²) in [5.41, 5.74) is 7.34. The first-order valence-corrected chi connectivity index (χ1v) is 11.7. The van der Waals surface area contributed by atoms with Crippen molar-refractivity contribution in [2.75, 3.05) is 11.1 Å². The second-order valence-electron chi connectivity index (χ2n) is 7.81. The molecule has 3 N–H and O–H groups in total. The second kappa shape index (κ2) is 9.86. The number of amides is 1. The monoisotopic (exact) mass is 499 g/mol. The number of nitriles is 2. The number of anilines is 2. The highest BCUT2D eigenvalue weighted by atomic mass is 32.2. The van der Waals surface area contributed by atoms with Gasteiger partial charge in [0.15, 0.2) is 0 Å². The maximum absolute atomic E-state index is 13.1. The molecule has 1 atom stereocenters. The molecule has 3 heterocycles. The van der Waals surface area contributed by atoms with Crippen molar-refractivity contribution in [1.82, 2.24) is 14.3 Å². The van der Waals surface area contributed by atoms with Crippen LogP contribution in [0.2, 0.25) is 0 Å². The number of para-hydroxylation sites is 1. The van der Waals surface area contributed by atoms with E-state index in [2.05, 4.69) is 16.4 Å². The van der Waals surface area contributed by atoms with Crippen LogP contribution in [0.1, 0.15) is 23.7 Å². The van der Waals surface area contributed by atoms with Gasteiger partial charge in [0, 0.05) is 7.05 Å². The van der Waals surface area contributed by atoms with Gasteiger partial charge in [-0.1, -0.05) is 30.0 Å². The number of thioether (sulfide) groups is 1. The fourth-order valence-electron chi connectivity index (χ4n) is 3.71. The Labute approximate surface area is 210 Å². The lowest BCUT2D eigenvalue weighted by molar-refractivity contribution is -0.115. The minimum atomic E-state index is -0.759. The molecule has 180 valence electrons. The van der Waals surface area contributed by atoms with E-state index in [1.165, 1.54) is 10.9 Å². The van der Waals surface area contributed by atoms with Crippen LogP contribution in [0.25, 0.3) is 17.0 Å². The van der Waals surface area contributed by atoms with E-state index in [0.29, 0.717) is 11.4 Å². The lowest BCUT2D eigenvalue weighted by Crippen LogP contribution is -2.27. The van der Waals surface area contributed by atoms with Gasteiger partial charge >= 0.3 is 0 Å². The molecule has 0 saturated carbocycles. The molecule has 1 aromatic carbocycles. The number of furan rings is 1. The summed E-state index contributed by atoms with van der Waals surface area (Å²) in [7, 11) is 1.73. The quantitative estimate of drug-likeness (QED) is 0.381. The fraction of sp³-hybridized carbons (Fsp3) is 0.160. The highest BCUT2D eigenvalue weighted by Crippen LogP contribution is 2.37. The first kappa shape index (κ1) is 24.4. The van der Waals surface area contributed by atoms with Crippen LogP contribution in [0.3, 0.4) is 0 Å². The Balaban J connectivity index is 1.66. The number of carbonyl (C=O) groups excluding carboxylic acids is 1. The topological polar surface area (TPSA) is 156 Å². The third-order valence-electron chi connectivity index (χ3n) is 5.64. The molecular weight excluding hydrogens is 478 g/mol. The molecule has 0 saturated heterocycles. The van der Waals surface area contributed by atoms with E-state index in [9.17, 15) is 20.1 Å². The molecule has 4 aromatic rings. The van der Waals surface area contributed by atoms with E-state index in [1.807, 2.05) is 24.3 Å². The summed E-state index contributed by atoms with van der Waals surface area (Å²) in [5.74, 6) is -0.251. The Morgan fingerprint density at radius 2 is 1.86 bits per heavy atom. The van der Waals surface area contributed by atoms with Gasteiger partial charge < -0.3 is 15.5 Å². The van der Waals surface area contributed by atoms with Gasteiger partial charge in [0.05, 0.1) is 34.0 Å². The largest absolute Gasteiger partial charge is 0.464 e. The van der Waals surface area contributed by atoms with E-state index in [0.717, 1.165) is 11.8 Å². The summed E-state index contributed by atoms with van der Waals surface area (Å²) in [6.45, 7) is 3.36. The number of hydrogen-bond acceptors (Lipinski definition) is 8. The number of nitrogens with one attached hydrogen (secondary N) is 1. The van der Waals surface area contributed by atoms with Crippen LogP contribution >= 0.6 is 11.8 Å². The van der Waals surface area contributed by atoms with Gasteiger partial charge in [0.2, 0.25) is 5.91 Å². The van der Waals surface area contributed by atoms with E-state index in [-0.39, 0.29) is 44.5 Å². The molecule has 36 heavy (non-hydrogen) atoms. The standard InChI is InChI=1S/C25H21N7O3S/c1-14-21(25(34)32(31(14)3)16-8-5-4-6-9-16)29-23(33)15(2)36-24-18(13-27)20(19-10-7-11-35-19)17(12-26)22(28)30-24/h4-11,15H,1-3H3,(H2,28,30)(H,29,33). The molecule has 0 bridgehead atoms. The lowest BCUT2D eigenvalue weighted by atomic mass is 10.0. The van der Waals surface area contributed by atoms with Crippen molar-refractivity contribution in [3.8, 4) is 29.1 Å². The van der Waals surface area contributed by atoms with Crippen LogP contribution in [0.4, 0.5) is 11.5 Å². The number of benzene rings is 1. The molecule has 0 spiro atoms. The number of nitrogens with zero attached hydrogens (tertiary/aromatic N) is 5. The van der Waals surface area contributed by atoms with Crippen LogP contribution in [-0.2, 0) is 11.8 Å². The average molecular weight is 500 g/mol. The molecular formula is C25H21N7O3S. The normalized spacial score (nSPS) is 11.5. The first-order chi connectivity index (χ1) is 17.3. The molecule has 0 aliphatic carbocycles. The van der Waals surface area contributed by atoms with Gasteiger partial charge in [-0.15, -0.1) is 0 Å². The summed E-state index contributed by atoms with van der Waals surface area (Å²) in [6, 6.07) is 16.3. The van der Waals surface area contributed by atoms with Crippen molar-refractivity contribution in [3.63, 3.8) is 0 Å². The highest BCUT2D eigenvalue weighted by Gasteiger charge is 2.26. The summed E-state index contributed by atoms with van der Waals surface area (Å²) in [5, 5.41) is 21.6. The van der Waals surface area contributed by atoms with Gasteiger partial charge in [-0.05, 0) is 38.1 Å². The van der Waals surface area contributed by atoms with Crippen LogP contribution in [0, 0.1) is 29.6 Å². The zero-order valence-corrected chi connectivity index (χ0v) is 20.5. The Hall–Kier alpha value is -4.74. The zero-order valence-electron chi connectivity index (χ0n) is 19.6. The third-order valence-corrected chi connectivity index (χ3v) is 6.73. The minimum Gasteiger partial charge on any atom is -0.464 e. The van der Waals surface area contributed by atoms with Gasteiger partial charge in [-0.3, -0.25) is 14.3 Å². The number of nitrogens with two attached hydrogens (primary N) is 1. The summed E-state index contributed by atoms with van der Waals surface area (Å²) >= 11 is 0.994. The molecule has 0 aliphatic heterocycles. The van der Waals surface area contributed by atoms with Gasteiger partial charge in [0.1, 0.15) is 40.0 Å². The number of rotatable bonds is 6. The molecule has 1 amide bonds. The molecule has 0 aliphatic rings. The third kappa shape index (κ3) is 4.24. The highest BCUT2D eigenvalue weighted by molar-refractivity contribution is 8.00. The Kier molecular flexibility index (Phi) is 6.68.